The zero-order valence-electron chi connectivity index (χ0n) is 16.9. The number of aryl methyl sites for hydroxylation is 2. The number of carbonyl (C=O) groups is 2. The van der Waals surface area contributed by atoms with Crippen LogP contribution in [0, 0.1) is 13.8 Å². The van der Waals surface area contributed by atoms with Gasteiger partial charge in [0.1, 0.15) is 0 Å². The van der Waals surface area contributed by atoms with Crippen molar-refractivity contribution in [2.24, 2.45) is 5.10 Å². The first-order valence-corrected chi connectivity index (χ1v) is 9.01. The molecule has 0 aromatic heterocycles. The molecule has 0 aliphatic heterocycles. The number of nitrogens with one attached hydrogen (secondary N) is 2. The highest BCUT2D eigenvalue weighted by Crippen LogP contribution is 2.31. The number of nitrogens with zero attached hydrogens (tertiary/aromatic N) is 1. The van der Waals surface area contributed by atoms with Crippen molar-refractivity contribution in [3.05, 3.63) is 53.1 Å². The molecule has 8 heteroatoms. The molecule has 2 aromatic carbocycles. The number of carboxylic acids is 1. The Balaban J connectivity index is 2.00. The molecule has 0 aliphatic rings. The van der Waals surface area contributed by atoms with Crippen molar-refractivity contribution in [1.29, 1.82) is 0 Å². The molecule has 1 atom stereocenters. The fourth-order valence-electron chi connectivity index (χ4n) is 2.40. The highest BCUT2D eigenvalue weighted by atomic mass is 16.5. The fraction of sp³-hybridized carbons (Fsp3) is 0.286. The lowest BCUT2D eigenvalue weighted by molar-refractivity contribution is -0.144. The van der Waals surface area contributed by atoms with Gasteiger partial charge in [-0.2, -0.15) is 5.10 Å². The van der Waals surface area contributed by atoms with Gasteiger partial charge in [-0.05, 0) is 56.2 Å². The smallest absolute Gasteiger partial charge is 0.344 e. The third-order valence-electron chi connectivity index (χ3n) is 4.22. The van der Waals surface area contributed by atoms with E-state index in [2.05, 4.69) is 15.8 Å². The third-order valence-corrected chi connectivity index (χ3v) is 4.22. The minimum absolute atomic E-state index is 0.0529. The Hall–Kier alpha value is -3.55. The molecular formula is C21H25N3O5. The van der Waals surface area contributed by atoms with Crippen LogP contribution in [0.4, 0.5) is 5.69 Å². The van der Waals surface area contributed by atoms with Crippen molar-refractivity contribution < 1.29 is 24.2 Å². The van der Waals surface area contributed by atoms with Gasteiger partial charge >= 0.3 is 5.97 Å². The molecule has 0 heterocycles. The number of carbonyl (C=O) groups excluding carboxylic acids is 1. The van der Waals surface area contributed by atoms with E-state index < -0.39 is 12.1 Å². The predicted octanol–water partition coefficient (Wildman–Crippen LogP) is 2.73. The maximum absolute atomic E-state index is 12.0. The highest BCUT2D eigenvalue weighted by molar-refractivity contribution is 5.87. The average molecular weight is 399 g/mol. The van der Waals surface area contributed by atoms with Crippen LogP contribution in [0.3, 0.4) is 0 Å². The van der Waals surface area contributed by atoms with Crippen molar-refractivity contribution in [3.63, 3.8) is 0 Å². The topological polar surface area (TPSA) is 109 Å². The number of hydrogen-bond acceptors (Lipinski definition) is 6. The second-order valence-corrected chi connectivity index (χ2v) is 6.42. The number of aliphatic carboxylic acids is 1. The summed E-state index contributed by atoms with van der Waals surface area (Å²) >= 11 is 0. The minimum Gasteiger partial charge on any atom is -0.493 e. The number of benzene rings is 2. The Bertz CT molecular complexity index is 911. The Labute approximate surface area is 169 Å². The zero-order chi connectivity index (χ0) is 21.4. The summed E-state index contributed by atoms with van der Waals surface area (Å²) in [5.41, 5.74) is 6.05. The second kappa shape index (κ2) is 10.1. The Morgan fingerprint density at radius 1 is 1.21 bits per heavy atom. The average Bonchev–Trinajstić information content (AvgIpc) is 2.69. The van der Waals surface area contributed by atoms with Crippen LogP contribution in [0.15, 0.2) is 41.5 Å². The number of hydrazone groups is 1. The van der Waals surface area contributed by atoms with Crippen LogP contribution in [-0.2, 0) is 9.59 Å². The Kier molecular flexibility index (Phi) is 7.59. The number of methoxy groups -OCH3 is 1. The number of hydrogen-bond donors (Lipinski definition) is 3. The third kappa shape index (κ3) is 6.24. The number of amides is 1. The molecule has 1 amide bonds. The molecular weight excluding hydrogens is 374 g/mol. The highest BCUT2D eigenvalue weighted by Gasteiger charge is 2.18. The lowest BCUT2D eigenvalue weighted by Gasteiger charge is -2.15. The van der Waals surface area contributed by atoms with Crippen molar-refractivity contribution in [2.75, 3.05) is 19.0 Å². The summed E-state index contributed by atoms with van der Waals surface area (Å²) in [6, 6.07) is 10.9. The molecule has 0 unspecified atom stereocenters. The van der Waals surface area contributed by atoms with Crippen LogP contribution in [0.25, 0.3) is 0 Å². The monoisotopic (exact) mass is 399 g/mol. The molecule has 3 N–H and O–H groups in total. The standard InChI is InChI=1S/C21H25N3O5/c1-13-8-9-17(10-14(13)2)22-12-19(25)24-23-11-16-6-5-7-18(28-4)20(16)29-15(3)21(26)27/h5-11,15,22H,12H2,1-4H3,(H,24,25)(H,26,27)/b23-11-/t15-/m1/s1. The van der Waals surface area contributed by atoms with Crippen molar-refractivity contribution >= 4 is 23.8 Å². The maximum atomic E-state index is 12.0. The van der Waals surface area contributed by atoms with Gasteiger partial charge in [-0.15, -0.1) is 0 Å². The molecule has 0 spiro atoms. The van der Waals surface area contributed by atoms with E-state index in [0.717, 1.165) is 11.3 Å². The number of ether oxygens (including phenoxy) is 2. The molecule has 8 nitrogen and oxygen atoms in total. The molecule has 0 saturated carbocycles. The predicted molar refractivity (Wildman–Crippen MR) is 111 cm³/mol. The van der Waals surface area contributed by atoms with E-state index in [4.69, 9.17) is 14.6 Å². The first-order chi connectivity index (χ1) is 13.8. The Morgan fingerprint density at radius 3 is 2.62 bits per heavy atom. The molecule has 154 valence electrons. The molecule has 0 aliphatic carbocycles. The van der Waals surface area contributed by atoms with E-state index in [1.165, 1.54) is 25.8 Å². The lowest BCUT2D eigenvalue weighted by atomic mass is 10.1. The van der Waals surface area contributed by atoms with Crippen LogP contribution in [0.5, 0.6) is 11.5 Å². The van der Waals surface area contributed by atoms with Gasteiger partial charge in [0, 0.05) is 11.3 Å². The largest absolute Gasteiger partial charge is 0.493 e. The minimum atomic E-state index is -1.11. The van der Waals surface area contributed by atoms with Crippen molar-refractivity contribution in [1.82, 2.24) is 5.43 Å². The summed E-state index contributed by atoms with van der Waals surface area (Å²) < 4.78 is 10.7. The summed E-state index contributed by atoms with van der Waals surface area (Å²) in [4.78, 5) is 23.1. The quantitative estimate of drug-likeness (QED) is 0.442. The first-order valence-electron chi connectivity index (χ1n) is 9.01. The summed E-state index contributed by atoms with van der Waals surface area (Å²) in [6.07, 6.45) is 0.301. The molecule has 0 fully saturated rings. The second-order valence-electron chi connectivity index (χ2n) is 6.42. The van der Waals surface area contributed by atoms with Crippen LogP contribution in [-0.4, -0.2) is 43.0 Å². The summed E-state index contributed by atoms with van der Waals surface area (Å²) in [6.45, 7) is 5.49. The fourth-order valence-corrected chi connectivity index (χ4v) is 2.40. The summed E-state index contributed by atoms with van der Waals surface area (Å²) in [5, 5.41) is 16.0. The van der Waals surface area contributed by atoms with E-state index in [0.29, 0.717) is 11.3 Å². The van der Waals surface area contributed by atoms with Gasteiger partial charge in [0.05, 0.1) is 19.9 Å². The summed E-state index contributed by atoms with van der Waals surface area (Å²) in [7, 11) is 1.45. The van der Waals surface area contributed by atoms with Gasteiger partial charge in [-0.3, -0.25) is 4.79 Å². The van der Waals surface area contributed by atoms with Crippen LogP contribution in [0.2, 0.25) is 0 Å². The van der Waals surface area contributed by atoms with E-state index in [1.807, 2.05) is 32.0 Å². The van der Waals surface area contributed by atoms with Crippen LogP contribution >= 0.6 is 0 Å². The van der Waals surface area contributed by atoms with Crippen molar-refractivity contribution in [3.8, 4) is 11.5 Å². The van der Waals surface area contributed by atoms with Crippen LogP contribution < -0.4 is 20.2 Å². The van der Waals surface area contributed by atoms with Gasteiger partial charge in [0.2, 0.25) is 0 Å². The van der Waals surface area contributed by atoms with E-state index >= 15 is 0 Å². The normalized spacial score (nSPS) is 11.7. The van der Waals surface area contributed by atoms with Gasteiger partial charge < -0.3 is 19.9 Å². The van der Waals surface area contributed by atoms with E-state index in [9.17, 15) is 9.59 Å². The van der Waals surface area contributed by atoms with Gasteiger partial charge in [0.25, 0.3) is 5.91 Å². The molecule has 2 rings (SSSR count). The maximum Gasteiger partial charge on any atom is 0.344 e. The number of anilines is 1. The first kappa shape index (κ1) is 21.7. The molecule has 2 aromatic rings. The van der Waals surface area contributed by atoms with Gasteiger partial charge in [-0.25, -0.2) is 10.2 Å². The zero-order valence-corrected chi connectivity index (χ0v) is 16.9. The van der Waals surface area contributed by atoms with Crippen LogP contribution in [0.1, 0.15) is 23.6 Å². The summed E-state index contributed by atoms with van der Waals surface area (Å²) in [5.74, 6) is -0.839. The van der Waals surface area contributed by atoms with Crippen molar-refractivity contribution in [2.45, 2.75) is 26.9 Å². The lowest BCUT2D eigenvalue weighted by Crippen LogP contribution is -2.26. The number of carboxylic acid groups (broad SMARTS) is 1. The number of rotatable bonds is 9. The van der Waals surface area contributed by atoms with Gasteiger partial charge in [0.15, 0.2) is 17.6 Å². The van der Waals surface area contributed by atoms with E-state index in [-0.39, 0.29) is 18.2 Å². The molecule has 0 saturated heterocycles. The molecule has 0 bridgehead atoms. The SMILES string of the molecule is COc1cccc(/C=N\NC(=O)CNc2ccc(C)c(C)c2)c1O[C@H](C)C(=O)O. The molecule has 0 radical (unpaired) electrons. The Morgan fingerprint density at radius 2 is 1.97 bits per heavy atom. The number of para-hydroxylation sites is 1. The molecule has 29 heavy (non-hydrogen) atoms. The van der Waals surface area contributed by atoms with E-state index in [1.54, 1.807) is 18.2 Å². The van der Waals surface area contributed by atoms with Gasteiger partial charge in [-0.1, -0.05) is 12.1 Å².